The van der Waals surface area contributed by atoms with E-state index in [0.29, 0.717) is 75.0 Å². The highest BCUT2D eigenvalue weighted by Crippen LogP contribution is 2.74. The highest BCUT2D eigenvalue weighted by atomic mass is 16.5. The lowest BCUT2D eigenvalue weighted by Crippen LogP contribution is -2.71. The first-order valence-corrected chi connectivity index (χ1v) is 27.5. The smallest absolute Gasteiger partial charge is 0.182 e. The molecule has 11 N–H and O–H groups in total. The van der Waals surface area contributed by atoms with Gasteiger partial charge in [0.25, 0.3) is 0 Å². The number of hydrogen-bond donors (Lipinski definition) is 10. The summed E-state index contributed by atoms with van der Waals surface area (Å²) < 4.78 is 7.19. The SMILES string of the molecule is CCC[C@H]1CC[C@H]2[C@@H]3CCCC[C@](O)([C@](C)(O)[C@H]4CC[C@@]5(O)C6=C(NC[C@H](C)O)C(=O)[C@@H]7C[C@@H](O)[C@@H](O)C[C@]7(CCC7=C(CCCO)NC(N)C=C7)[C@H]6CC[C@]45C4CCCCC4)[C@@H]3O[C@@H]2CC1. The molecular formula is C55H89N3O9. The predicted molar refractivity (Wildman–Crippen MR) is 258 cm³/mol. The number of Topliss-reactive ketones (excluding diaryl/α,β-unsaturated/α-hetero) is 1. The number of allylic oxidation sites excluding steroid dienone is 4. The molecule has 67 heavy (non-hydrogen) atoms. The van der Waals surface area contributed by atoms with Crippen molar-refractivity contribution in [2.75, 3.05) is 13.2 Å². The van der Waals surface area contributed by atoms with Gasteiger partial charge < -0.3 is 56.8 Å². The van der Waals surface area contributed by atoms with Gasteiger partial charge in [-0.25, -0.2) is 0 Å². The molecule has 378 valence electrons. The molecule has 12 heteroatoms. The van der Waals surface area contributed by atoms with E-state index in [2.05, 4.69) is 17.6 Å². The van der Waals surface area contributed by atoms with Crippen LogP contribution in [0.25, 0.3) is 0 Å². The van der Waals surface area contributed by atoms with Gasteiger partial charge in [-0.1, -0.05) is 64.4 Å². The van der Waals surface area contributed by atoms with Gasteiger partial charge in [0.05, 0.1) is 53.6 Å². The number of ketones is 1. The zero-order valence-corrected chi connectivity index (χ0v) is 41.3. The van der Waals surface area contributed by atoms with E-state index in [1.807, 2.05) is 19.1 Å². The second-order valence-corrected chi connectivity index (χ2v) is 24.1. The minimum atomic E-state index is -1.63. The number of nitrogens with two attached hydrogens (primary N) is 1. The van der Waals surface area contributed by atoms with Crippen LogP contribution in [-0.4, -0.2) is 108 Å². The van der Waals surface area contributed by atoms with Gasteiger partial charge in [-0.3, -0.25) is 4.79 Å². The van der Waals surface area contributed by atoms with Crippen molar-refractivity contribution in [2.45, 2.75) is 235 Å². The Morgan fingerprint density at radius 1 is 0.925 bits per heavy atom. The summed E-state index contributed by atoms with van der Waals surface area (Å²) in [6, 6.07) is 0. The second-order valence-electron chi connectivity index (χ2n) is 24.1. The average Bonchev–Trinajstić information content (AvgIpc) is 3.68. The third-order valence-electron chi connectivity index (χ3n) is 20.7. The molecule has 6 saturated carbocycles. The number of aliphatic hydroxyl groups is 7. The Bertz CT molecular complexity index is 1880. The molecule has 0 radical (unpaired) electrons. The predicted octanol–water partition coefficient (Wildman–Crippen LogP) is 6.33. The maximum atomic E-state index is 15.6. The third-order valence-corrected chi connectivity index (χ3v) is 20.7. The van der Waals surface area contributed by atoms with Gasteiger partial charge in [0.1, 0.15) is 5.60 Å². The fraction of sp³-hybridized carbons (Fsp3) is 0.873. The molecule has 0 spiro atoms. The Kier molecular flexibility index (Phi) is 14.7. The Morgan fingerprint density at radius 2 is 1.69 bits per heavy atom. The summed E-state index contributed by atoms with van der Waals surface area (Å²) in [6.45, 7) is 6.00. The van der Waals surface area contributed by atoms with E-state index in [1.165, 1.54) is 19.3 Å². The van der Waals surface area contributed by atoms with Gasteiger partial charge in [0.15, 0.2) is 5.78 Å². The summed E-state index contributed by atoms with van der Waals surface area (Å²) in [5.74, 6) is -0.364. The number of rotatable bonds is 14. The molecule has 2 heterocycles. The van der Waals surface area contributed by atoms with E-state index < -0.39 is 63.9 Å². The van der Waals surface area contributed by atoms with E-state index in [1.54, 1.807) is 6.92 Å². The Balaban J connectivity index is 1.15. The summed E-state index contributed by atoms with van der Waals surface area (Å²) in [7, 11) is 0. The molecule has 0 aromatic heterocycles. The van der Waals surface area contributed by atoms with Crippen LogP contribution in [0.2, 0.25) is 0 Å². The summed E-state index contributed by atoms with van der Waals surface area (Å²) >= 11 is 0. The number of aliphatic hydroxyl groups excluding tert-OH is 4. The molecule has 1 saturated heterocycles. The minimum Gasteiger partial charge on any atom is -0.396 e. The monoisotopic (exact) mass is 936 g/mol. The van der Waals surface area contributed by atoms with Crippen LogP contribution >= 0.6 is 0 Å². The number of carbonyl (C=O) groups excluding carboxylic acids is 1. The van der Waals surface area contributed by atoms with E-state index >= 15 is 4.79 Å². The normalized spacial score (nSPS) is 44.9. The molecule has 9 aliphatic rings. The average molecular weight is 936 g/mol. The number of dihydropyridines is 1. The molecule has 9 rings (SSSR count). The first kappa shape index (κ1) is 50.1. The number of fused-ring (bicyclic) bond motifs is 8. The topological polar surface area (TPSA) is 218 Å². The van der Waals surface area contributed by atoms with Crippen molar-refractivity contribution >= 4 is 5.78 Å². The van der Waals surface area contributed by atoms with E-state index in [4.69, 9.17) is 10.5 Å². The molecule has 0 amide bonds. The maximum absolute atomic E-state index is 15.6. The van der Waals surface area contributed by atoms with Crippen LogP contribution < -0.4 is 16.4 Å². The zero-order chi connectivity index (χ0) is 47.5. The molecular weight excluding hydrogens is 847 g/mol. The van der Waals surface area contributed by atoms with Gasteiger partial charge in [-0.2, -0.15) is 0 Å². The number of nitrogens with one attached hydrogen (secondary N) is 2. The van der Waals surface area contributed by atoms with Crippen LogP contribution in [0.5, 0.6) is 0 Å². The van der Waals surface area contributed by atoms with E-state index in [0.717, 1.165) is 87.8 Å². The summed E-state index contributed by atoms with van der Waals surface area (Å²) in [5, 5.41) is 92.5. The van der Waals surface area contributed by atoms with Gasteiger partial charge in [0.2, 0.25) is 0 Å². The van der Waals surface area contributed by atoms with Crippen LogP contribution in [0.15, 0.2) is 34.7 Å². The van der Waals surface area contributed by atoms with E-state index in [9.17, 15) is 35.7 Å². The Labute approximate surface area is 401 Å². The number of carbonyl (C=O) groups is 1. The maximum Gasteiger partial charge on any atom is 0.182 e. The molecule has 7 aliphatic carbocycles. The van der Waals surface area contributed by atoms with Gasteiger partial charge in [-0.15, -0.1) is 0 Å². The molecule has 17 atom stereocenters. The highest BCUT2D eigenvalue weighted by molar-refractivity contribution is 6.00. The highest BCUT2D eigenvalue weighted by Gasteiger charge is 2.76. The van der Waals surface area contributed by atoms with Crippen molar-refractivity contribution in [1.82, 2.24) is 10.6 Å². The fourth-order valence-corrected chi connectivity index (χ4v) is 17.7. The van der Waals surface area contributed by atoms with Crippen molar-refractivity contribution in [3.8, 4) is 0 Å². The summed E-state index contributed by atoms with van der Waals surface area (Å²) in [4.78, 5) is 15.6. The van der Waals surface area contributed by atoms with Crippen molar-refractivity contribution in [3.05, 3.63) is 34.7 Å². The Hall–Kier alpha value is -1.87. The lowest BCUT2D eigenvalue weighted by molar-refractivity contribution is -0.263. The van der Waals surface area contributed by atoms with Gasteiger partial charge in [0, 0.05) is 30.2 Å². The first-order valence-electron chi connectivity index (χ1n) is 27.5. The number of hydrogen-bond acceptors (Lipinski definition) is 12. The standard InChI is InChI=1S/C55H89N3O9/c1-4-11-34-16-19-37-38-14-8-9-25-55(66,50(38)67-44(37)20-17-34)51(3,64)45-24-28-54(65)47-39(23-27-53(45,54)36-12-6-5-7-13-36)52(26-22-35-18-21-46(56)58-41(35)15-10-29-59)31-43(62)42(61)30-40(52)49(63)48(47)57-32-33(2)60/h18,21,33-34,36-40,42-46,50,57-62,64-66H,4-17,19-20,22-32,56H2,1-3H3/t33-,34-,37-,38-,39-,40-,42+,43-,44+,45+,46?,50+,51+,52+,53-,54+,55+/m0/s1. The number of ether oxygens (including phenoxy) is 1. The zero-order valence-electron chi connectivity index (χ0n) is 41.3. The lowest BCUT2D eigenvalue weighted by Gasteiger charge is -2.66. The second kappa shape index (κ2) is 19.6. The summed E-state index contributed by atoms with van der Waals surface area (Å²) in [5.41, 5.74) is 2.97. The molecule has 7 fully saturated rings. The van der Waals surface area contributed by atoms with E-state index in [-0.39, 0.29) is 61.8 Å². The first-order chi connectivity index (χ1) is 32.1. The quantitative estimate of drug-likeness (QED) is 0.0925. The van der Waals surface area contributed by atoms with Crippen LogP contribution in [0.3, 0.4) is 0 Å². The van der Waals surface area contributed by atoms with Crippen LogP contribution in [0.1, 0.15) is 181 Å². The molecule has 2 aliphatic heterocycles. The summed E-state index contributed by atoms with van der Waals surface area (Å²) in [6.07, 6.45) is 19.9. The van der Waals surface area contributed by atoms with Crippen molar-refractivity contribution in [1.29, 1.82) is 0 Å². The van der Waals surface area contributed by atoms with Crippen LogP contribution in [0.4, 0.5) is 0 Å². The molecule has 0 bridgehead atoms. The molecule has 0 aromatic carbocycles. The molecule has 0 aromatic rings. The van der Waals surface area contributed by atoms with Crippen LogP contribution in [-0.2, 0) is 9.53 Å². The fourth-order valence-electron chi connectivity index (χ4n) is 17.7. The van der Waals surface area contributed by atoms with Crippen molar-refractivity contribution in [3.63, 3.8) is 0 Å². The minimum absolute atomic E-state index is 0.0393. The Morgan fingerprint density at radius 3 is 2.43 bits per heavy atom. The third kappa shape index (κ3) is 8.36. The van der Waals surface area contributed by atoms with Crippen molar-refractivity contribution in [2.24, 2.45) is 58.0 Å². The lowest BCUT2D eigenvalue weighted by atomic mass is 9.40. The van der Waals surface area contributed by atoms with Crippen molar-refractivity contribution < 1.29 is 45.3 Å². The van der Waals surface area contributed by atoms with Gasteiger partial charge >= 0.3 is 0 Å². The molecule has 1 unspecified atom stereocenters. The van der Waals surface area contributed by atoms with Crippen LogP contribution in [0, 0.1) is 52.3 Å². The molecule has 12 nitrogen and oxygen atoms in total. The largest absolute Gasteiger partial charge is 0.396 e. The van der Waals surface area contributed by atoms with Gasteiger partial charge in [-0.05, 0) is 181 Å².